The summed E-state index contributed by atoms with van der Waals surface area (Å²) in [5.74, 6) is -0.351. The van der Waals surface area contributed by atoms with E-state index in [4.69, 9.17) is 34.8 Å². The van der Waals surface area contributed by atoms with Crippen molar-refractivity contribution in [3.63, 3.8) is 0 Å². The Morgan fingerprint density at radius 2 is 1.79 bits per heavy atom. The van der Waals surface area contributed by atoms with Crippen LogP contribution in [0.15, 0.2) is 40.9 Å². The predicted octanol–water partition coefficient (Wildman–Crippen LogP) is 5.66. The highest BCUT2D eigenvalue weighted by Crippen LogP contribution is 2.30. The first-order chi connectivity index (χ1) is 8.99. The first-order valence-electron chi connectivity index (χ1n) is 5.19. The zero-order chi connectivity index (χ0) is 14.0. The largest absolute Gasteiger partial charge is 0.321 e. The SMILES string of the molecule is O=C(Nc1cccc(Cl)c1Cl)c1cc(Br)ccc1Cl. The lowest BCUT2D eigenvalue weighted by Gasteiger charge is -2.09. The molecule has 98 valence electrons. The fraction of sp³-hybridized carbons (Fsp3) is 0. The Kier molecular flexibility index (Phi) is 4.74. The lowest BCUT2D eigenvalue weighted by Crippen LogP contribution is -2.12. The molecule has 0 saturated heterocycles. The highest BCUT2D eigenvalue weighted by Gasteiger charge is 2.13. The molecule has 0 bridgehead atoms. The number of anilines is 1. The van der Waals surface area contributed by atoms with Crippen molar-refractivity contribution >= 4 is 62.3 Å². The van der Waals surface area contributed by atoms with Crippen LogP contribution in [-0.4, -0.2) is 5.91 Å². The number of amides is 1. The van der Waals surface area contributed by atoms with Crippen LogP contribution in [-0.2, 0) is 0 Å². The molecule has 0 aliphatic heterocycles. The van der Waals surface area contributed by atoms with Crippen molar-refractivity contribution in [2.24, 2.45) is 0 Å². The third-order valence-corrected chi connectivity index (χ3v) is 4.01. The Balaban J connectivity index is 2.31. The molecular weight excluding hydrogens is 372 g/mol. The number of hydrogen-bond acceptors (Lipinski definition) is 1. The summed E-state index contributed by atoms with van der Waals surface area (Å²) < 4.78 is 0.763. The maximum absolute atomic E-state index is 12.1. The predicted molar refractivity (Wildman–Crippen MR) is 83.6 cm³/mol. The van der Waals surface area contributed by atoms with E-state index in [0.29, 0.717) is 26.3 Å². The van der Waals surface area contributed by atoms with E-state index in [1.54, 1.807) is 36.4 Å². The van der Waals surface area contributed by atoms with Crippen LogP contribution in [0.4, 0.5) is 5.69 Å². The Morgan fingerprint density at radius 3 is 2.53 bits per heavy atom. The summed E-state index contributed by atoms with van der Waals surface area (Å²) in [6.45, 7) is 0. The average molecular weight is 379 g/mol. The summed E-state index contributed by atoms with van der Waals surface area (Å²) in [6, 6.07) is 10.0. The van der Waals surface area contributed by atoms with Gasteiger partial charge in [-0.25, -0.2) is 0 Å². The number of halogens is 4. The Bertz CT molecular complexity index is 646. The Morgan fingerprint density at radius 1 is 1.05 bits per heavy atom. The molecule has 0 spiro atoms. The smallest absolute Gasteiger partial charge is 0.257 e. The molecule has 2 aromatic rings. The Labute approximate surface area is 133 Å². The van der Waals surface area contributed by atoms with Gasteiger partial charge in [0.25, 0.3) is 5.91 Å². The van der Waals surface area contributed by atoms with Crippen molar-refractivity contribution in [1.29, 1.82) is 0 Å². The molecule has 6 heteroatoms. The molecule has 0 atom stereocenters. The summed E-state index contributed by atoms with van der Waals surface area (Å²) >= 11 is 21.2. The van der Waals surface area contributed by atoms with Crippen molar-refractivity contribution in [2.45, 2.75) is 0 Å². The molecule has 0 unspecified atom stereocenters. The number of nitrogens with one attached hydrogen (secondary N) is 1. The van der Waals surface area contributed by atoms with Crippen molar-refractivity contribution in [1.82, 2.24) is 0 Å². The second-order valence-corrected chi connectivity index (χ2v) is 5.79. The molecule has 0 heterocycles. The van der Waals surface area contributed by atoms with Gasteiger partial charge >= 0.3 is 0 Å². The first kappa shape index (κ1) is 14.7. The number of rotatable bonds is 2. The van der Waals surface area contributed by atoms with Crippen LogP contribution in [0.5, 0.6) is 0 Å². The van der Waals surface area contributed by atoms with Gasteiger partial charge in [0.1, 0.15) is 0 Å². The van der Waals surface area contributed by atoms with Gasteiger partial charge in [0.15, 0.2) is 0 Å². The Hall–Kier alpha value is -0.740. The fourth-order valence-electron chi connectivity index (χ4n) is 1.46. The second kappa shape index (κ2) is 6.14. The van der Waals surface area contributed by atoms with Gasteiger partial charge in [0.2, 0.25) is 0 Å². The summed E-state index contributed by atoms with van der Waals surface area (Å²) in [6.07, 6.45) is 0. The molecular formula is C13H7BrCl3NO. The lowest BCUT2D eigenvalue weighted by molar-refractivity contribution is 0.102. The quantitative estimate of drug-likeness (QED) is 0.716. The minimum atomic E-state index is -0.351. The van der Waals surface area contributed by atoms with Gasteiger partial charge in [-0.3, -0.25) is 4.79 Å². The minimum absolute atomic E-state index is 0.295. The lowest BCUT2D eigenvalue weighted by atomic mass is 10.2. The maximum atomic E-state index is 12.1. The second-order valence-electron chi connectivity index (χ2n) is 3.68. The molecule has 19 heavy (non-hydrogen) atoms. The summed E-state index contributed by atoms with van der Waals surface area (Å²) in [5, 5.41) is 3.70. The van der Waals surface area contributed by atoms with Crippen LogP contribution < -0.4 is 5.32 Å². The zero-order valence-corrected chi connectivity index (χ0v) is 13.2. The monoisotopic (exact) mass is 377 g/mol. The van der Waals surface area contributed by atoms with Crippen LogP contribution in [0, 0.1) is 0 Å². The molecule has 2 nitrogen and oxygen atoms in total. The van der Waals surface area contributed by atoms with Crippen molar-refractivity contribution in [3.8, 4) is 0 Å². The van der Waals surface area contributed by atoms with E-state index in [9.17, 15) is 4.79 Å². The van der Waals surface area contributed by atoms with E-state index < -0.39 is 0 Å². The third kappa shape index (κ3) is 3.42. The van der Waals surface area contributed by atoms with E-state index in [-0.39, 0.29) is 5.91 Å². The molecule has 1 N–H and O–H groups in total. The van der Waals surface area contributed by atoms with Gasteiger partial charge in [-0.2, -0.15) is 0 Å². The number of hydrogen-bond donors (Lipinski definition) is 1. The molecule has 0 aliphatic rings. The minimum Gasteiger partial charge on any atom is -0.321 e. The molecule has 1 amide bonds. The van der Waals surface area contributed by atoms with Crippen LogP contribution >= 0.6 is 50.7 Å². The molecule has 0 aromatic heterocycles. The fourth-order valence-corrected chi connectivity index (χ4v) is 2.37. The standard InChI is InChI=1S/C13H7BrCl3NO/c14-7-4-5-9(15)8(6-7)13(19)18-11-3-1-2-10(16)12(11)17/h1-6H,(H,18,19). The van der Waals surface area contributed by atoms with E-state index in [0.717, 1.165) is 4.47 Å². The van der Waals surface area contributed by atoms with Gasteiger partial charge in [0.05, 0.1) is 26.3 Å². The highest BCUT2D eigenvalue weighted by atomic mass is 79.9. The van der Waals surface area contributed by atoms with E-state index in [1.807, 2.05) is 0 Å². The van der Waals surface area contributed by atoms with Crippen LogP contribution in [0.25, 0.3) is 0 Å². The maximum Gasteiger partial charge on any atom is 0.257 e. The normalized spacial score (nSPS) is 10.3. The molecule has 0 radical (unpaired) electrons. The summed E-state index contributed by atoms with van der Waals surface area (Å²) in [7, 11) is 0. The van der Waals surface area contributed by atoms with Crippen molar-refractivity contribution < 1.29 is 4.79 Å². The first-order valence-corrected chi connectivity index (χ1v) is 7.12. The molecule has 0 fully saturated rings. The summed E-state index contributed by atoms with van der Waals surface area (Å²) in [5.41, 5.74) is 0.794. The average Bonchev–Trinajstić information content (AvgIpc) is 2.38. The molecule has 2 rings (SSSR count). The van der Waals surface area contributed by atoms with Crippen LogP contribution in [0.1, 0.15) is 10.4 Å². The van der Waals surface area contributed by atoms with Crippen LogP contribution in [0.2, 0.25) is 15.1 Å². The van der Waals surface area contributed by atoms with Crippen LogP contribution in [0.3, 0.4) is 0 Å². The molecule has 0 saturated carbocycles. The number of benzene rings is 2. The van der Waals surface area contributed by atoms with E-state index in [1.165, 1.54) is 0 Å². The van der Waals surface area contributed by atoms with Gasteiger partial charge < -0.3 is 5.32 Å². The highest BCUT2D eigenvalue weighted by molar-refractivity contribution is 9.10. The van der Waals surface area contributed by atoms with E-state index >= 15 is 0 Å². The van der Waals surface area contributed by atoms with Gasteiger partial charge in [-0.1, -0.05) is 56.8 Å². The summed E-state index contributed by atoms with van der Waals surface area (Å²) in [4.78, 5) is 12.1. The van der Waals surface area contributed by atoms with Gasteiger partial charge in [-0.15, -0.1) is 0 Å². The van der Waals surface area contributed by atoms with E-state index in [2.05, 4.69) is 21.2 Å². The van der Waals surface area contributed by atoms with Gasteiger partial charge in [-0.05, 0) is 30.3 Å². The van der Waals surface area contributed by atoms with Crippen molar-refractivity contribution in [3.05, 3.63) is 61.5 Å². The third-order valence-electron chi connectivity index (χ3n) is 2.37. The molecule has 2 aromatic carbocycles. The van der Waals surface area contributed by atoms with Crippen molar-refractivity contribution in [2.75, 3.05) is 5.32 Å². The number of carbonyl (C=O) groups is 1. The van der Waals surface area contributed by atoms with Gasteiger partial charge in [0, 0.05) is 4.47 Å². The molecule has 0 aliphatic carbocycles. The topological polar surface area (TPSA) is 29.1 Å². The number of carbonyl (C=O) groups excluding carboxylic acids is 1. The zero-order valence-electron chi connectivity index (χ0n) is 9.38.